The molecule has 0 aromatic heterocycles. The van der Waals surface area contributed by atoms with Gasteiger partial charge in [0.2, 0.25) is 0 Å². The summed E-state index contributed by atoms with van der Waals surface area (Å²) < 4.78 is 5.44. The second kappa shape index (κ2) is 5.31. The van der Waals surface area contributed by atoms with Gasteiger partial charge in [0.05, 0.1) is 18.2 Å². The largest absolute Gasteiger partial charge is 0.444 e. The molecule has 0 spiro atoms. The standard InChI is InChI=1S/C15H27NO3/c1-10(17)12-13(11-8-6-5-7-9-11)16(12)14(18)19-15(2,3)4/h10-13,17H,5-9H2,1-4H3/t10-,12+,13+,16?/m1/s1. The van der Waals surface area contributed by atoms with Crippen molar-refractivity contribution in [3.63, 3.8) is 0 Å². The summed E-state index contributed by atoms with van der Waals surface area (Å²) >= 11 is 0. The molecular weight excluding hydrogens is 242 g/mol. The van der Waals surface area contributed by atoms with Gasteiger partial charge >= 0.3 is 6.09 Å². The molecule has 2 fully saturated rings. The van der Waals surface area contributed by atoms with Gasteiger partial charge in [0, 0.05) is 0 Å². The Hall–Kier alpha value is -0.770. The van der Waals surface area contributed by atoms with E-state index in [1.54, 1.807) is 11.8 Å². The minimum absolute atomic E-state index is 0.0436. The molecule has 1 aliphatic heterocycles. The molecule has 1 saturated carbocycles. The van der Waals surface area contributed by atoms with Gasteiger partial charge in [-0.25, -0.2) is 4.79 Å². The van der Waals surface area contributed by atoms with Crippen molar-refractivity contribution < 1.29 is 14.6 Å². The number of carbonyl (C=O) groups is 1. The molecule has 1 N–H and O–H groups in total. The topological polar surface area (TPSA) is 49.5 Å². The first-order valence-corrected chi connectivity index (χ1v) is 7.50. The Labute approximate surface area is 116 Å². The van der Waals surface area contributed by atoms with Crippen LogP contribution in [0, 0.1) is 5.92 Å². The van der Waals surface area contributed by atoms with E-state index < -0.39 is 11.7 Å². The fourth-order valence-corrected chi connectivity index (χ4v) is 3.33. The lowest BCUT2D eigenvalue weighted by Crippen LogP contribution is -2.30. The number of hydrogen-bond acceptors (Lipinski definition) is 3. The number of nitrogens with zero attached hydrogens (tertiary/aromatic N) is 1. The number of carbonyl (C=O) groups excluding carboxylic acids is 1. The molecule has 0 aromatic carbocycles. The van der Waals surface area contributed by atoms with Crippen molar-refractivity contribution in [3.05, 3.63) is 0 Å². The molecule has 1 heterocycles. The van der Waals surface area contributed by atoms with Crippen molar-refractivity contribution in [2.45, 2.75) is 83.6 Å². The molecule has 0 unspecified atom stereocenters. The van der Waals surface area contributed by atoms with E-state index >= 15 is 0 Å². The zero-order valence-corrected chi connectivity index (χ0v) is 12.6. The molecule has 3 atom stereocenters. The maximum atomic E-state index is 12.2. The fraction of sp³-hybridized carbons (Fsp3) is 0.933. The van der Waals surface area contributed by atoms with Crippen LogP contribution in [0.25, 0.3) is 0 Å². The Bertz CT molecular complexity index is 329. The summed E-state index contributed by atoms with van der Waals surface area (Å²) in [7, 11) is 0. The first-order valence-electron chi connectivity index (χ1n) is 7.50. The maximum Gasteiger partial charge on any atom is 0.411 e. The number of ether oxygens (including phenoxy) is 1. The molecule has 4 nitrogen and oxygen atoms in total. The maximum absolute atomic E-state index is 12.2. The molecule has 1 saturated heterocycles. The highest BCUT2D eigenvalue weighted by Crippen LogP contribution is 2.43. The molecule has 0 radical (unpaired) electrons. The van der Waals surface area contributed by atoms with Gasteiger partial charge in [-0.3, -0.25) is 4.90 Å². The predicted octanol–water partition coefficient (Wildman–Crippen LogP) is 2.94. The van der Waals surface area contributed by atoms with Crippen LogP contribution in [-0.4, -0.2) is 39.9 Å². The van der Waals surface area contributed by atoms with E-state index in [-0.39, 0.29) is 18.2 Å². The van der Waals surface area contributed by atoms with Gasteiger partial charge < -0.3 is 9.84 Å². The van der Waals surface area contributed by atoms with E-state index in [4.69, 9.17) is 4.74 Å². The van der Waals surface area contributed by atoms with E-state index in [1.807, 2.05) is 20.8 Å². The SMILES string of the molecule is C[C@@H](O)[C@H]1[C@H](C2CCCCC2)N1C(=O)OC(C)(C)C. The van der Waals surface area contributed by atoms with E-state index in [0.717, 1.165) is 0 Å². The van der Waals surface area contributed by atoms with Crippen molar-refractivity contribution in [1.29, 1.82) is 0 Å². The van der Waals surface area contributed by atoms with E-state index in [9.17, 15) is 9.90 Å². The van der Waals surface area contributed by atoms with Crippen LogP contribution in [0.1, 0.15) is 59.8 Å². The number of amides is 1. The summed E-state index contributed by atoms with van der Waals surface area (Å²) in [5, 5.41) is 9.86. The Kier molecular flexibility index (Phi) is 4.09. The second-order valence-electron chi connectivity index (χ2n) is 7.01. The van der Waals surface area contributed by atoms with Gasteiger partial charge in [0.15, 0.2) is 0 Å². The Balaban J connectivity index is 2.00. The van der Waals surface area contributed by atoms with Crippen molar-refractivity contribution in [3.8, 4) is 0 Å². The number of aliphatic hydroxyl groups excluding tert-OH is 1. The number of rotatable bonds is 2. The second-order valence-corrected chi connectivity index (χ2v) is 7.01. The highest BCUT2D eigenvalue weighted by molar-refractivity contribution is 5.73. The molecular formula is C15H27NO3. The Morgan fingerprint density at radius 3 is 2.32 bits per heavy atom. The summed E-state index contributed by atoms with van der Waals surface area (Å²) in [6, 6.07) is 0.146. The van der Waals surface area contributed by atoms with E-state index in [1.165, 1.54) is 32.1 Å². The summed E-state index contributed by atoms with van der Waals surface area (Å²) in [4.78, 5) is 13.9. The third kappa shape index (κ3) is 3.41. The van der Waals surface area contributed by atoms with Crippen molar-refractivity contribution in [2.75, 3.05) is 0 Å². The first kappa shape index (κ1) is 14.6. The van der Waals surface area contributed by atoms with Crippen LogP contribution in [0.2, 0.25) is 0 Å². The van der Waals surface area contributed by atoms with Gasteiger partial charge in [-0.15, -0.1) is 0 Å². The average molecular weight is 269 g/mol. The number of aliphatic hydroxyl groups is 1. The third-order valence-corrected chi connectivity index (χ3v) is 4.13. The van der Waals surface area contributed by atoms with Crippen molar-refractivity contribution >= 4 is 6.09 Å². The van der Waals surface area contributed by atoms with Crippen LogP contribution in [-0.2, 0) is 4.74 Å². The molecule has 1 amide bonds. The lowest BCUT2D eigenvalue weighted by molar-refractivity contribution is 0.0352. The predicted molar refractivity (Wildman–Crippen MR) is 73.9 cm³/mol. The van der Waals surface area contributed by atoms with E-state index in [0.29, 0.717) is 5.92 Å². The van der Waals surface area contributed by atoms with Crippen molar-refractivity contribution in [1.82, 2.24) is 4.90 Å². The Morgan fingerprint density at radius 1 is 1.26 bits per heavy atom. The highest BCUT2D eigenvalue weighted by Gasteiger charge is 2.57. The zero-order valence-electron chi connectivity index (χ0n) is 12.6. The third-order valence-electron chi connectivity index (χ3n) is 4.13. The van der Waals surface area contributed by atoms with Crippen LogP contribution in [0.3, 0.4) is 0 Å². The lowest BCUT2D eigenvalue weighted by atomic mass is 9.85. The minimum Gasteiger partial charge on any atom is -0.444 e. The first-order chi connectivity index (χ1) is 8.81. The molecule has 4 heteroatoms. The lowest BCUT2D eigenvalue weighted by Gasteiger charge is -2.23. The fourth-order valence-electron chi connectivity index (χ4n) is 3.33. The smallest absolute Gasteiger partial charge is 0.411 e. The molecule has 2 aliphatic rings. The number of hydrogen-bond donors (Lipinski definition) is 1. The molecule has 19 heavy (non-hydrogen) atoms. The molecule has 2 rings (SSSR count). The summed E-state index contributed by atoms with van der Waals surface area (Å²) in [5.74, 6) is 0.542. The average Bonchev–Trinajstić information content (AvgIpc) is 3.03. The van der Waals surface area contributed by atoms with Crippen LogP contribution in [0.15, 0.2) is 0 Å². The molecule has 1 aliphatic carbocycles. The van der Waals surface area contributed by atoms with Crippen LogP contribution in [0.4, 0.5) is 4.79 Å². The monoisotopic (exact) mass is 269 g/mol. The van der Waals surface area contributed by atoms with Gasteiger partial charge in [0.1, 0.15) is 5.60 Å². The molecule has 0 bridgehead atoms. The summed E-state index contributed by atoms with van der Waals surface area (Å²) in [6.45, 7) is 7.40. The quantitative estimate of drug-likeness (QED) is 0.784. The van der Waals surface area contributed by atoms with Gasteiger partial charge in [-0.05, 0) is 46.5 Å². The normalized spacial score (nSPS) is 30.1. The van der Waals surface area contributed by atoms with Crippen LogP contribution < -0.4 is 0 Å². The summed E-state index contributed by atoms with van der Waals surface area (Å²) in [5.41, 5.74) is -0.472. The minimum atomic E-state index is -0.473. The molecule has 0 aromatic rings. The highest BCUT2D eigenvalue weighted by atomic mass is 16.6. The van der Waals surface area contributed by atoms with Crippen LogP contribution in [0.5, 0.6) is 0 Å². The molecule has 110 valence electrons. The zero-order chi connectivity index (χ0) is 14.2. The summed E-state index contributed by atoms with van der Waals surface area (Å²) in [6.07, 6.45) is 5.40. The van der Waals surface area contributed by atoms with Crippen LogP contribution >= 0.6 is 0 Å². The van der Waals surface area contributed by atoms with Crippen molar-refractivity contribution in [2.24, 2.45) is 5.92 Å². The van der Waals surface area contributed by atoms with E-state index in [2.05, 4.69) is 0 Å². The van der Waals surface area contributed by atoms with Gasteiger partial charge in [0.25, 0.3) is 0 Å². The van der Waals surface area contributed by atoms with Gasteiger partial charge in [-0.2, -0.15) is 0 Å². The van der Waals surface area contributed by atoms with Gasteiger partial charge in [-0.1, -0.05) is 19.3 Å². The Morgan fingerprint density at radius 2 is 1.84 bits per heavy atom.